The molecule has 15 aromatic carbocycles. The number of fused-ring (bicyclic) bond motifs is 8. The lowest BCUT2D eigenvalue weighted by molar-refractivity contribution is 0.488. The summed E-state index contributed by atoms with van der Waals surface area (Å²) in [6.07, 6.45) is 0. The summed E-state index contributed by atoms with van der Waals surface area (Å²) in [5.41, 5.74) is 29.7. The van der Waals surface area contributed by atoms with Crippen molar-refractivity contribution in [2.24, 2.45) is 0 Å². The summed E-state index contributed by atoms with van der Waals surface area (Å²) in [5.74, 6) is 1.60. The molecular formula is C90H61B2N5O. The quantitative estimate of drug-likeness (QED) is 0.113. The molecule has 0 aliphatic carbocycles. The van der Waals surface area contributed by atoms with Crippen LogP contribution >= 0.6 is 0 Å². The van der Waals surface area contributed by atoms with Gasteiger partial charge in [-0.2, -0.15) is 0 Å². The highest BCUT2D eigenvalue weighted by molar-refractivity contribution is 7.02. The molecule has 0 saturated carbocycles. The van der Waals surface area contributed by atoms with Gasteiger partial charge in [0.2, 0.25) is 0 Å². The summed E-state index contributed by atoms with van der Waals surface area (Å²) in [6, 6.07) is 135. The molecule has 4 heterocycles. The molecule has 0 radical (unpaired) electrons. The van der Waals surface area contributed by atoms with Crippen LogP contribution in [0.1, 0.15) is 0 Å². The molecular weight excluding hydrogens is 1190 g/mol. The van der Waals surface area contributed by atoms with Crippen LogP contribution in [0.4, 0.5) is 85.3 Å². The summed E-state index contributed by atoms with van der Waals surface area (Å²) in [4.78, 5) is 12.4. The second-order valence-corrected chi connectivity index (χ2v) is 25.5. The highest BCUT2D eigenvalue weighted by Crippen LogP contribution is 2.54. The van der Waals surface area contributed by atoms with Crippen LogP contribution in [0.5, 0.6) is 11.5 Å². The minimum atomic E-state index is -0.237. The minimum Gasteiger partial charge on any atom is -0.458 e. The lowest BCUT2D eigenvalue weighted by atomic mass is 9.30. The van der Waals surface area contributed by atoms with Gasteiger partial charge in [-0.05, 0) is 147 Å². The van der Waals surface area contributed by atoms with Crippen LogP contribution in [0, 0.1) is 0 Å². The molecule has 4 aliphatic heterocycles. The largest absolute Gasteiger partial charge is 0.458 e. The van der Waals surface area contributed by atoms with Crippen LogP contribution in [-0.4, -0.2) is 13.4 Å². The average Bonchev–Trinajstić information content (AvgIpc) is 0.679. The van der Waals surface area contributed by atoms with Crippen LogP contribution in [-0.2, 0) is 0 Å². The van der Waals surface area contributed by atoms with Gasteiger partial charge in [-0.3, -0.25) is 0 Å². The SMILES string of the molecule is c1ccc(-c2ccccc2N(c2ccccc2)c2cc3c4c(c2)N(c2ccccc2)c2ccccc2B4c2cc4c(cc2O3)N(c2c(-c3ccccc3)cccc2-c2ccccc2)c2cc(N(c3ccccc3)c3ccccc3)cc3c2B4c2ccccc2N3c2ccccc2)cc1. The van der Waals surface area contributed by atoms with Crippen molar-refractivity contribution in [3.8, 4) is 44.9 Å². The molecule has 0 saturated heterocycles. The van der Waals surface area contributed by atoms with Crippen LogP contribution in [0.3, 0.4) is 0 Å². The molecule has 0 atom stereocenters. The zero-order valence-corrected chi connectivity index (χ0v) is 53.5. The molecule has 0 bridgehead atoms. The molecule has 15 aromatic rings. The van der Waals surface area contributed by atoms with E-state index in [1.165, 1.54) is 21.9 Å². The molecule has 8 heteroatoms. The van der Waals surface area contributed by atoms with E-state index in [0.717, 1.165) is 141 Å². The number of ether oxygens (including phenoxy) is 1. The number of hydrogen-bond acceptors (Lipinski definition) is 6. The summed E-state index contributed by atoms with van der Waals surface area (Å²) >= 11 is 0. The number of anilines is 15. The number of rotatable bonds is 12. The molecule has 0 unspecified atom stereocenters. The summed E-state index contributed by atoms with van der Waals surface area (Å²) < 4.78 is 8.00. The topological polar surface area (TPSA) is 25.4 Å². The van der Waals surface area contributed by atoms with Crippen molar-refractivity contribution >= 4 is 132 Å². The molecule has 98 heavy (non-hydrogen) atoms. The summed E-state index contributed by atoms with van der Waals surface area (Å²) in [7, 11) is 0. The Balaban J connectivity index is 0.933. The Labute approximate surface area is 572 Å². The molecule has 0 aromatic heterocycles. The third-order valence-electron chi connectivity index (χ3n) is 20.0. The zero-order valence-electron chi connectivity index (χ0n) is 53.5. The van der Waals surface area contributed by atoms with Crippen molar-refractivity contribution in [2.45, 2.75) is 0 Å². The maximum absolute atomic E-state index is 8.00. The number of hydrogen-bond donors (Lipinski definition) is 0. The number of para-hydroxylation sites is 9. The first kappa shape index (κ1) is 56.7. The van der Waals surface area contributed by atoms with Gasteiger partial charge in [0.15, 0.2) is 0 Å². The molecule has 4 aliphatic rings. The Bertz CT molecular complexity index is 5420. The Kier molecular flexibility index (Phi) is 13.7. The fraction of sp³-hybridized carbons (Fsp3) is 0. The van der Waals surface area contributed by atoms with E-state index in [1.54, 1.807) is 0 Å². The lowest BCUT2D eigenvalue weighted by Crippen LogP contribution is -2.64. The van der Waals surface area contributed by atoms with Crippen LogP contribution in [0.2, 0.25) is 0 Å². The van der Waals surface area contributed by atoms with Crippen LogP contribution in [0.25, 0.3) is 33.4 Å². The van der Waals surface area contributed by atoms with E-state index in [9.17, 15) is 0 Å². The molecule has 6 nitrogen and oxygen atoms in total. The highest BCUT2D eigenvalue weighted by Gasteiger charge is 2.49. The minimum absolute atomic E-state index is 0.236. The second-order valence-electron chi connectivity index (χ2n) is 25.5. The molecule has 19 rings (SSSR count). The lowest BCUT2D eigenvalue weighted by Gasteiger charge is -2.46. The number of benzene rings is 15. The maximum Gasteiger partial charge on any atom is 0.256 e. The predicted molar refractivity (Wildman–Crippen MR) is 412 cm³/mol. The van der Waals surface area contributed by atoms with E-state index in [-0.39, 0.29) is 13.4 Å². The van der Waals surface area contributed by atoms with E-state index in [4.69, 9.17) is 4.74 Å². The van der Waals surface area contributed by atoms with Gasteiger partial charge >= 0.3 is 0 Å². The Morgan fingerprint density at radius 3 is 1.14 bits per heavy atom. The van der Waals surface area contributed by atoms with E-state index in [0.29, 0.717) is 0 Å². The standard InChI is InChI=1S/C90H61B2N5O/c1-9-32-62(33-10-1)72-48-25-28-53-79(72)94(67-42-19-6-20-43-67)71-58-85-89-87(59-71)98-86-61-82-77(60-78(86)92(89)76-52-27-30-55-81(76)96(85)69-46-23-8-24-47-69)91-75-51-26-29-54-80(75)95(68-44-21-7-22-45-68)83-56-70(93(65-38-15-4-16-39-65)66-40-17-5-18-41-66)57-84(88(83)91)97(82)90-73(63-34-11-2-12-35-63)49-31-50-74(90)64-36-13-3-14-37-64/h1-61H. The van der Waals surface area contributed by atoms with Crippen LogP contribution < -0.4 is 62.0 Å². The fourth-order valence-electron chi connectivity index (χ4n) is 15.9. The third kappa shape index (κ3) is 9.28. The molecule has 0 spiro atoms. The van der Waals surface area contributed by atoms with Crippen molar-refractivity contribution in [1.29, 1.82) is 0 Å². The van der Waals surface area contributed by atoms with E-state index in [1.807, 2.05) is 0 Å². The van der Waals surface area contributed by atoms with E-state index in [2.05, 4.69) is 395 Å². The smallest absolute Gasteiger partial charge is 0.256 e. The molecule has 458 valence electrons. The maximum atomic E-state index is 8.00. The van der Waals surface area contributed by atoms with Gasteiger partial charge in [0.1, 0.15) is 11.5 Å². The molecule has 0 amide bonds. The molecule has 0 fully saturated rings. The second kappa shape index (κ2) is 23.6. The van der Waals surface area contributed by atoms with Gasteiger partial charge in [0, 0.05) is 91.4 Å². The zero-order chi connectivity index (χ0) is 64.6. The van der Waals surface area contributed by atoms with Gasteiger partial charge < -0.3 is 29.2 Å². The fourth-order valence-corrected chi connectivity index (χ4v) is 15.9. The Morgan fingerprint density at radius 1 is 0.235 bits per heavy atom. The summed E-state index contributed by atoms with van der Waals surface area (Å²) in [6.45, 7) is -0.473. The first-order valence-corrected chi connectivity index (χ1v) is 33.7. The van der Waals surface area contributed by atoms with Gasteiger partial charge in [-0.15, -0.1) is 0 Å². The third-order valence-corrected chi connectivity index (χ3v) is 20.0. The van der Waals surface area contributed by atoms with Gasteiger partial charge in [-0.25, -0.2) is 0 Å². The monoisotopic (exact) mass is 1250 g/mol. The van der Waals surface area contributed by atoms with E-state index >= 15 is 0 Å². The first-order chi connectivity index (χ1) is 48.7. The number of nitrogens with zero attached hydrogens (tertiary/aromatic N) is 5. The molecule has 0 N–H and O–H groups in total. The summed E-state index contributed by atoms with van der Waals surface area (Å²) in [5, 5.41) is 0. The van der Waals surface area contributed by atoms with Crippen molar-refractivity contribution in [3.63, 3.8) is 0 Å². The predicted octanol–water partition coefficient (Wildman–Crippen LogP) is 20.1. The van der Waals surface area contributed by atoms with Gasteiger partial charge in [0.25, 0.3) is 13.4 Å². The average molecular weight is 1250 g/mol. The van der Waals surface area contributed by atoms with Crippen LogP contribution in [0.15, 0.2) is 370 Å². The van der Waals surface area contributed by atoms with Crippen molar-refractivity contribution < 1.29 is 4.74 Å². The van der Waals surface area contributed by atoms with Gasteiger partial charge in [-0.1, -0.05) is 261 Å². The van der Waals surface area contributed by atoms with Gasteiger partial charge in [0.05, 0.1) is 22.7 Å². The Morgan fingerprint density at radius 2 is 0.622 bits per heavy atom. The van der Waals surface area contributed by atoms with Crippen molar-refractivity contribution in [2.75, 3.05) is 24.5 Å². The normalized spacial score (nSPS) is 12.7. The Hall–Kier alpha value is -12.8. The van der Waals surface area contributed by atoms with E-state index < -0.39 is 0 Å². The van der Waals surface area contributed by atoms with Crippen molar-refractivity contribution in [3.05, 3.63) is 370 Å². The van der Waals surface area contributed by atoms with Crippen molar-refractivity contribution in [1.82, 2.24) is 0 Å². The first-order valence-electron chi connectivity index (χ1n) is 33.7. The highest BCUT2D eigenvalue weighted by atomic mass is 16.5.